The monoisotopic (exact) mass is 410 g/mol. The number of rotatable bonds is 8. The fourth-order valence-corrected chi connectivity index (χ4v) is 4.49. The number of hydrogen-bond donors (Lipinski definition) is 2. The summed E-state index contributed by atoms with van der Waals surface area (Å²) in [5, 5.41) is 5.60. The number of hydrogen-bond acceptors (Lipinski definition) is 4. The standard InChI is InChI=1S/C20H34N4O3S/c1-16(2)23(4)28(26,27)19-8-6-18(7-9-19)22-20(25)21-12-5-13-24-14-10-17(3)11-15-24/h6-9,16-17H,5,10-15H2,1-4H3,(H2,21,22,25). The van der Waals surface area contributed by atoms with E-state index < -0.39 is 10.0 Å². The molecule has 1 heterocycles. The second kappa shape index (κ2) is 10.2. The number of carbonyl (C=O) groups excluding carboxylic acids is 1. The van der Waals surface area contributed by atoms with Crippen LogP contribution >= 0.6 is 0 Å². The van der Waals surface area contributed by atoms with Crippen molar-refractivity contribution in [3.8, 4) is 0 Å². The number of nitrogens with one attached hydrogen (secondary N) is 2. The summed E-state index contributed by atoms with van der Waals surface area (Å²) in [7, 11) is -1.96. The van der Waals surface area contributed by atoms with Crippen LogP contribution in [0.25, 0.3) is 0 Å². The molecule has 1 aromatic rings. The molecule has 2 N–H and O–H groups in total. The Bertz CT molecular complexity index is 726. The van der Waals surface area contributed by atoms with Crippen LogP contribution in [0.1, 0.15) is 40.0 Å². The van der Waals surface area contributed by atoms with Gasteiger partial charge in [0.1, 0.15) is 0 Å². The Balaban J connectivity index is 1.75. The van der Waals surface area contributed by atoms with Crippen molar-refractivity contribution in [3.05, 3.63) is 24.3 Å². The number of piperidine rings is 1. The number of urea groups is 1. The molecule has 0 spiro atoms. The number of benzene rings is 1. The highest BCUT2D eigenvalue weighted by Crippen LogP contribution is 2.19. The minimum Gasteiger partial charge on any atom is -0.338 e. The van der Waals surface area contributed by atoms with Gasteiger partial charge in [0.15, 0.2) is 0 Å². The highest BCUT2D eigenvalue weighted by molar-refractivity contribution is 7.89. The van der Waals surface area contributed by atoms with Crippen molar-refractivity contribution in [1.29, 1.82) is 0 Å². The Hall–Kier alpha value is -1.64. The summed E-state index contributed by atoms with van der Waals surface area (Å²) < 4.78 is 26.2. The van der Waals surface area contributed by atoms with Crippen LogP contribution in [0.2, 0.25) is 0 Å². The maximum absolute atomic E-state index is 12.5. The molecule has 8 heteroatoms. The summed E-state index contributed by atoms with van der Waals surface area (Å²) in [4.78, 5) is 14.7. The van der Waals surface area contributed by atoms with Gasteiger partial charge in [0, 0.05) is 25.3 Å². The fraction of sp³-hybridized carbons (Fsp3) is 0.650. The Morgan fingerprint density at radius 2 is 1.82 bits per heavy atom. The van der Waals surface area contributed by atoms with E-state index in [0.717, 1.165) is 32.0 Å². The Morgan fingerprint density at radius 3 is 2.39 bits per heavy atom. The molecule has 1 aliphatic heterocycles. The van der Waals surface area contributed by atoms with Crippen LogP contribution < -0.4 is 10.6 Å². The van der Waals surface area contributed by atoms with E-state index in [9.17, 15) is 13.2 Å². The molecule has 0 saturated carbocycles. The molecule has 158 valence electrons. The molecule has 0 atom stereocenters. The van der Waals surface area contributed by atoms with Gasteiger partial charge < -0.3 is 15.5 Å². The van der Waals surface area contributed by atoms with Crippen LogP contribution in [0.5, 0.6) is 0 Å². The summed E-state index contributed by atoms with van der Waals surface area (Å²) in [5.41, 5.74) is 0.564. The largest absolute Gasteiger partial charge is 0.338 e. The number of amides is 2. The molecule has 0 aliphatic carbocycles. The summed E-state index contributed by atoms with van der Waals surface area (Å²) >= 11 is 0. The zero-order valence-corrected chi connectivity index (χ0v) is 18.3. The highest BCUT2D eigenvalue weighted by Gasteiger charge is 2.22. The number of anilines is 1. The first-order valence-corrected chi connectivity index (χ1v) is 11.5. The van der Waals surface area contributed by atoms with Gasteiger partial charge in [-0.2, -0.15) is 4.31 Å². The second-order valence-electron chi connectivity index (χ2n) is 7.90. The summed E-state index contributed by atoms with van der Waals surface area (Å²) in [6.45, 7) is 9.86. The predicted molar refractivity (Wildman–Crippen MR) is 113 cm³/mol. The third-order valence-electron chi connectivity index (χ3n) is 5.33. The fourth-order valence-electron chi connectivity index (χ4n) is 3.12. The first kappa shape index (κ1) is 22.6. The molecule has 2 rings (SSSR count). The average molecular weight is 411 g/mol. The molecule has 0 radical (unpaired) electrons. The number of carbonyl (C=O) groups is 1. The SMILES string of the molecule is CC1CCN(CCCNC(=O)Nc2ccc(S(=O)(=O)N(C)C(C)C)cc2)CC1. The maximum Gasteiger partial charge on any atom is 0.319 e. The normalized spacial score (nSPS) is 16.5. The molecule has 28 heavy (non-hydrogen) atoms. The van der Waals surface area contributed by atoms with E-state index >= 15 is 0 Å². The van der Waals surface area contributed by atoms with Gasteiger partial charge in [-0.25, -0.2) is 13.2 Å². The van der Waals surface area contributed by atoms with E-state index in [1.165, 1.54) is 29.3 Å². The Labute approximate surface area is 169 Å². The van der Waals surface area contributed by atoms with Crippen LogP contribution in [0.15, 0.2) is 29.2 Å². The van der Waals surface area contributed by atoms with Gasteiger partial charge in [-0.1, -0.05) is 6.92 Å². The van der Waals surface area contributed by atoms with Gasteiger partial charge in [0.05, 0.1) is 4.90 Å². The first-order chi connectivity index (χ1) is 13.2. The van der Waals surface area contributed by atoms with Gasteiger partial charge in [0.25, 0.3) is 0 Å². The third-order valence-corrected chi connectivity index (χ3v) is 7.38. The van der Waals surface area contributed by atoms with E-state index in [-0.39, 0.29) is 17.0 Å². The van der Waals surface area contributed by atoms with Crippen LogP contribution in [0.3, 0.4) is 0 Å². The van der Waals surface area contributed by atoms with E-state index in [4.69, 9.17) is 0 Å². The number of sulfonamides is 1. The van der Waals surface area contributed by atoms with Gasteiger partial charge >= 0.3 is 6.03 Å². The topological polar surface area (TPSA) is 81.8 Å². The molecule has 0 aromatic heterocycles. The molecule has 0 unspecified atom stereocenters. The van der Waals surface area contributed by atoms with Crippen molar-refractivity contribution < 1.29 is 13.2 Å². The van der Waals surface area contributed by atoms with Crippen LogP contribution in [-0.2, 0) is 10.0 Å². The van der Waals surface area contributed by atoms with Crippen LogP contribution in [-0.4, -0.2) is 62.9 Å². The van der Waals surface area contributed by atoms with E-state index in [1.54, 1.807) is 19.2 Å². The molecule has 2 amide bonds. The molecule has 1 saturated heterocycles. The maximum atomic E-state index is 12.5. The van der Waals surface area contributed by atoms with Gasteiger partial charge in [-0.3, -0.25) is 0 Å². The van der Waals surface area contributed by atoms with Crippen molar-refractivity contribution in [2.75, 3.05) is 38.5 Å². The molecule has 1 aliphatic rings. The van der Waals surface area contributed by atoms with Gasteiger partial charge in [-0.05, 0) is 82.9 Å². The van der Waals surface area contributed by atoms with Crippen molar-refractivity contribution in [2.24, 2.45) is 5.92 Å². The van der Waals surface area contributed by atoms with E-state index in [2.05, 4.69) is 22.5 Å². The van der Waals surface area contributed by atoms with E-state index in [1.807, 2.05) is 13.8 Å². The smallest absolute Gasteiger partial charge is 0.319 e. The lowest BCUT2D eigenvalue weighted by Gasteiger charge is -2.30. The highest BCUT2D eigenvalue weighted by atomic mass is 32.2. The van der Waals surface area contributed by atoms with Crippen molar-refractivity contribution in [1.82, 2.24) is 14.5 Å². The van der Waals surface area contributed by atoms with Crippen LogP contribution in [0.4, 0.5) is 10.5 Å². The average Bonchev–Trinajstić information content (AvgIpc) is 2.66. The summed E-state index contributed by atoms with van der Waals surface area (Å²) in [5.74, 6) is 0.826. The number of nitrogens with zero attached hydrogens (tertiary/aromatic N) is 2. The van der Waals surface area contributed by atoms with Gasteiger partial charge in [-0.15, -0.1) is 0 Å². The summed E-state index contributed by atoms with van der Waals surface area (Å²) in [6.07, 6.45) is 3.43. The second-order valence-corrected chi connectivity index (χ2v) is 9.90. The van der Waals surface area contributed by atoms with Crippen molar-refractivity contribution >= 4 is 21.7 Å². The molecular formula is C20H34N4O3S. The van der Waals surface area contributed by atoms with E-state index in [0.29, 0.717) is 12.2 Å². The molecular weight excluding hydrogens is 376 g/mol. The minimum atomic E-state index is -3.51. The Kier molecular flexibility index (Phi) is 8.27. The lowest BCUT2D eigenvalue weighted by Crippen LogP contribution is -2.36. The third kappa shape index (κ3) is 6.46. The first-order valence-electron chi connectivity index (χ1n) is 10.1. The molecule has 1 fully saturated rings. The molecule has 1 aromatic carbocycles. The lowest BCUT2D eigenvalue weighted by molar-refractivity contribution is 0.190. The summed E-state index contributed by atoms with van der Waals surface area (Å²) in [6, 6.07) is 5.84. The molecule has 7 nitrogen and oxygen atoms in total. The predicted octanol–water partition coefficient (Wildman–Crippen LogP) is 2.96. The number of likely N-dealkylation sites (tertiary alicyclic amines) is 1. The minimum absolute atomic E-state index is 0.123. The zero-order chi connectivity index (χ0) is 20.7. The van der Waals surface area contributed by atoms with Gasteiger partial charge in [0.2, 0.25) is 10.0 Å². The quantitative estimate of drug-likeness (QED) is 0.646. The lowest BCUT2D eigenvalue weighted by atomic mass is 9.99. The van der Waals surface area contributed by atoms with Crippen molar-refractivity contribution in [2.45, 2.75) is 51.0 Å². The van der Waals surface area contributed by atoms with Crippen molar-refractivity contribution in [3.63, 3.8) is 0 Å². The zero-order valence-electron chi connectivity index (χ0n) is 17.4. The molecule has 0 bridgehead atoms. The van der Waals surface area contributed by atoms with Crippen LogP contribution in [0, 0.1) is 5.92 Å². The Morgan fingerprint density at radius 1 is 1.21 bits per heavy atom.